The Balaban J connectivity index is 2.08. The van der Waals surface area contributed by atoms with Crippen LogP contribution in [0.1, 0.15) is 17.2 Å². The lowest BCUT2D eigenvalue weighted by atomic mass is 10.1. The Bertz CT molecular complexity index is 574. The second kappa shape index (κ2) is 7.76. The van der Waals surface area contributed by atoms with Crippen molar-refractivity contribution in [3.05, 3.63) is 65.5 Å². The van der Waals surface area contributed by atoms with Crippen LogP contribution in [0.3, 0.4) is 0 Å². The highest BCUT2D eigenvalue weighted by Crippen LogP contribution is 2.22. The largest absolute Gasteiger partial charge is 0.497 e. The van der Waals surface area contributed by atoms with E-state index in [9.17, 15) is 4.39 Å². The van der Waals surface area contributed by atoms with Gasteiger partial charge in [-0.05, 0) is 30.8 Å². The number of methoxy groups -OCH3 is 1. The molecule has 0 aliphatic rings. The van der Waals surface area contributed by atoms with Gasteiger partial charge >= 0.3 is 0 Å². The highest BCUT2D eigenvalue weighted by atomic mass is 19.1. The third-order valence-electron chi connectivity index (χ3n) is 3.23. The fourth-order valence-corrected chi connectivity index (χ4v) is 2.14. The van der Waals surface area contributed by atoms with Gasteiger partial charge in [0, 0.05) is 12.1 Å². The van der Waals surface area contributed by atoms with Crippen molar-refractivity contribution >= 4 is 0 Å². The third kappa shape index (κ3) is 4.28. The molecule has 0 aliphatic carbocycles. The Morgan fingerprint density at radius 2 is 1.95 bits per heavy atom. The zero-order valence-electron chi connectivity index (χ0n) is 12.3. The SMILES string of the molecule is CNCC(OCc1cccc(OC)c1)c1ccccc1F. The molecule has 2 aromatic rings. The predicted octanol–water partition coefficient (Wildman–Crippen LogP) is 3.31. The average Bonchev–Trinajstić information content (AvgIpc) is 2.52. The van der Waals surface area contributed by atoms with Crippen molar-refractivity contribution < 1.29 is 13.9 Å². The number of hydrogen-bond acceptors (Lipinski definition) is 3. The smallest absolute Gasteiger partial charge is 0.129 e. The maximum atomic E-state index is 13.9. The lowest BCUT2D eigenvalue weighted by molar-refractivity contribution is 0.0387. The molecule has 4 heteroatoms. The van der Waals surface area contributed by atoms with Gasteiger partial charge in [0.05, 0.1) is 19.8 Å². The minimum Gasteiger partial charge on any atom is -0.497 e. The van der Waals surface area contributed by atoms with Crippen LogP contribution in [0.5, 0.6) is 5.75 Å². The summed E-state index contributed by atoms with van der Waals surface area (Å²) >= 11 is 0. The molecule has 0 heterocycles. The standard InChI is InChI=1S/C17H20FNO2/c1-19-11-17(15-8-3-4-9-16(15)18)21-12-13-6-5-7-14(10-13)20-2/h3-10,17,19H,11-12H2,1-2H3. The maximum Gasteiger partial charge on any atom is 0.129 e. The first-order chi connectivity index (χ1) is 10.2. The lowest BCUT2D eigenvalue weighted by Gasteiger charge is -2.19. The first-order valence-electron chi connectivity index (χ1n) is 6.88. The van der Waals surface area contributed by atoms with Crippen LogP contribution in [0.15, 0.2) is 48.5 Å². The van der Waals surface area contributed by atoms with Crippen LogP contribution in [-0.2, 0) is 11.3 Å². The van der Waals surface area contributed by atoms with Crippen LogP contribution >= 0.6 is 0 Å². The molecule has 0 spiro atoms. The summed E-state index contributed by atoms with van der Waals surface area (Å²) in [5.41, 5.74) is 1.56. The van der Waals surface area contributed by atoms with Gasteiger partial charge < -0.3 is 14.8 Å². The van der Waals surface area contributed by atoms with Crippen molar-refractivity contribution in [1.29, 1.82) is 0 Å². The highest BCUT2D eigenvalue weighted by molar-refractivity contribution is 5.28. The summed E-state index contributed by atoms with van der Waals surface area (Å²) in [6, 6.07) is 14.4. The van der Waals surface area contributed by atoms with Crippen LogP contribution in [-0.4, -0.2) is 20.7 Å². The van der Waals surface area contributed by atoms with E-state index in [-0.39, 0.29) is 11.9 Å². The Morgan fingerprint density at radius 3 is 2.67 bits per heavy atom. The van der Waals surface area contributed by atoms with Gasteiger partial charge in [0.25, 0.3) is 0 Å². The second-order valence-corrected chi connectivity index (χ2v) is 4.73. The second-order valence-electron chi connectivity index (χ2n) is 4.73. The molecule has 1 unspecified atom stereocenters. The van der Waals surface area contributed by atoms with E-state index in [4.69, 9.17) is 9.47 Å². The molecule has 0 aromatic heterocycles. The highest BCUT2D eigenvalue weighted by Gasteiger charge is 2.15. The van der Waals surface area contributed by atoms with E-state index in [2.05, 4.69) is 5.32 Å². The molecule has 3 nitrogen and oxygen atoms in total. The van der Waals surface area contributed by atoms with Crippen molar-refractivity contribution in [2.75, 3.05) is 20.7 Å². The normalized spacial score (nSPS) is 12.1. The molecule has 1 atom stereocenters. The number of ether oxygens (including phenoxy) is 2. The Labute approximate surface area is 124 Å². The van der Waals surface area contributed by atoms with Gasteiger partial charge in [-0.15, -0.1) is 0 Å². The van der Waals surface area contributed by atoms with E-state index in [1.165, 1.54) is 6.07 Å². The minimum absolute atomic E-state index is 0.247. The average molecular weight is 289 g/mol. The third-order valence-corrected chi connectivity index (χ3v) is 3.23. The monoisotopic (exact) mass is 289 g/mol. The Hall–Kier alpha value is -1.91. The molecule has 0 bridgehead atoms. The molecule has 0 saturated heterocycles. The van der Waals surface area contributed by atoms with E-state index in [1.54, 1.807) is 19.2 Å². The van der Waals surface area contributed by atoms with Crippen molar-refractivity contribution in [2.45, 2.75) is 12.7 Å². The van der Waals surface area contributed by atoms with E-state index in [0.29, 0.717) is 18.7 Å². The summed E-state index contributed by atoms with van der Waals surface area (Å²) in [5, 5.41) is 3.04. The number of likely N-dealkylation sites (N-methyl/N-ethyl adjacent to an activating group) is 1. The van der Waals surface area contributed by atoms with Gasteiger partial charge in [0.15, 0.2) is 0 Å². The number of nitrogens with one attached hydrogen (secondary N) is 1. The van der Waals surface area contributed by atoms with Crippen LogP contribution in [0, 0.1) is 5.82 Å². The summed E-state index contributed by atoms with van der Waals surface area (Å²) < 4.78 is 24.9. The molecule has 0 radical (unpaired) electrons. The summed E-state index contributed by atoms with van der Waals surface area (Å²) in [7, 11) is 3.45. The van der Waals surface area contributed by atoms with Crippen molar-refractivity contribution in [3.63, 3.8) is 0 Å². The summed E-state index contributed by atoms with van der Waals surface area (Å²) in [5.74, 6) is 0.538. The molecule has 21 heavy (non-hydrogen) atoms. The predicted molar refractivity (Wildman–Crippen MR) is 80.9 cm³/mol. The Morgan fingerprint density at radius 1 is 1.14 bits per heavy atom. The van der Waals surface area contributed by atoms with E-state index in [1.807, 2.05) is 37.4 Å². The van der Waals surface area contributed by atoms with Gasteiger partial charge in [-0.2, -0.15) is 0 Å². The zero-order chi connectivity index (χ0) is 15.1. The van der Waals surface area contributed by atoms with Crippen molar-refractivity contribution in [3.8, 4) is 5.75 Å². The van der Waals surface area contributed by atoms with Crippen molar-refractivity contribution in [1.82, 2.24) is 5.32 Å². The molecule has 112 valence electrons. The van der Waals surface area contributed by atoms with Gasteiger partial charge in [-0.25, -0.2) is 4.39 Å². The van der Waals surface area contributed by atoms with Crippen LogP contribution in [0.4, 0.5) is 4.39 Å². The molecule has 0 amide bonds. The number of hydrogen-bond donors (Lipinski definition) is 1. The molecule has 1 N–H and O–H groups in total. The van der Waals surface area contributed by atoms with Gasteiger partial charge in [-0.3, -0.25) is 0 Å². The van der Waals surface area contributed by atoms with Gasteiger partial charge in [-0.1, -0.05) is 30.3 Å². The van der Waals surface area contributed by atoms with E-state index < -0.39 is 0 Å². The van der Waals surface area contributed by atoms with Crippen molar-refractivity contribution in [2.24, 2.45) is 0 Å². The lowest BCUT2D eigenvalue weighted by Crippen LogP contribution is -2.20. The summed E-state index contributed by atoms with van der Waals surface area (Å²) in [6.45, 7) is 0.947. The molecule has 2 rings (SSSR count). The van der Waals surface area contributed by atoms with E-state index in [0.717, 1.165) is 11.3 Å². The molecular weight excluding hydrogens is 269 g/mol. The minimum atomic E-state index is -0.331. The topological polar surface area (TPSA) is 30.5 Å². The van der Waals surface area contributed by atoms with Crippen LogP contribution in [0.25, 0.3) is 0 Å². The molecule has 0 fully saturated rings. The summed E-state index contributed by atoms with van der Waals surface area (Å²) in [6.07, 6.45) is -0.331. The first-order valence-corrected chi connectivity index (χ1v) is 6.88. The fraction of sp³-hybridized carbons (Fsp3) is 0.294. The summed E-state index contributed by atoms with van der Waals surface area (Å²) in [4.78, 5) is 0. The molecule has 0 saturated carbocycles. The fourth-order valence-electron chi connectivity index (χ4n) is 2.14. The zero-order valence-corrected chi connectivity index (χ0v) is 12.3. The van der Waals surface area contributed by atoms with Gasteiger partial charge in [0.2, 0.25) is 0 Å². The molecular formula is C17H20FNO2. The van der Waals surface area contributed by atoms with Gasteiger partial charge in [0.1, 0.15) is 11.6 Å². The number of halogens is 1. The van der Waals surface area contributed by atoms with Crippen LogP contribution in [0.2, 0.25) is 0 Å². The maximum absolute atomic E-state index is 13.9. The number of rotatable bonds is 7. The number of benzene rings is 2. The first kappa shape index (κ1) is 15.5. The Kier molecular flexibility index (Phi) is 5.72. The molecule has 0 aliphatic heterocycles. The quantitative estimate of drug-likeness (QED) is 0.848. The van der Waals surface area contributed by atoms with Crippen LogP contribution < -0.4 is 10.1 Å². The molecule has 2 aromatic carbocycles. The van der Waals surface area contributed by atoms with E-state index >= 15 is 0 Å².